The van der Waals surface area contributed by atoms with Crippen LogP contribution in [0.4, 0.5) is 0 Å². The van der Waals surface area contributed by atoms with E-state index in [2.05, 4.69) is 5.32 Å². The van der Waals surface area contributed by atoms with Crippen LogP contribution in [0.3, 0.4) is 0 Å². The lowest BCUT2D eigenvalue weighted by molar-refractivity contribution is -0.141. The summed E-state index contributed by atoms with van der Waals surface area (Å²) in [4.78, 5) is 28.0. The van der Waals surface area contributed by atoms with E-state index in [1.165, 1.54) is 0 Å². The molecule has 1 atom stereocenters. The second-order valence-electron chi connectivity index (χ2n) is 7.28. The maximum Gasteiger partial charge on any atom is 0.247 e. The van der Waals surface area contributed by atoms with E-state index in [9.17, 15) is 9.59 Å². The van der Waals surface area contributed by atoms with Gasteiger partial charge in [-0.25, -0.2) is 0 Å². The van der Waals surface area contributed by atoms with Gasteiger partial charge in [0.2, 0.25) is 11.8 Å². The molecule has 0 saturated carbocycles. The third-order valence-corrected chi connectivity index (χ3v) is 5.22. The molecule has 0 radical (unpaired) electrons. The van der Waals surface area contributed by atoms with Crippen LogP contribution in [0, 0.1) is 0 Å². The average Bonchev–Trinajstić information content (AvgIpc) is 2.83. The first-order valence-corrected chi connectivity index (χ1v) is 10.3. The summed E-state index contributed by atoms with van der Waals surface area (Å²) in [6.07, 6.45) is 0.939. The second-order valence-corrected chi connectivity index (χ2v) is 7.28. The molecule has 3 aromatic carbocycles. The topological polar surface area (TPSA) is 58.6 Å². The van der Waals surface area contributed by atoms with E-state index >= 15 is 0 Å². The van der Waals surface area contributed by atoms with Crippen molar-refractivity contribution in [3.8, 4) is 5.75 Å². The molecule has 1 N–H and O–H groups in total. The van der Waals surface area contributed by atoms with Crippen LogP contribution in [0.25, 0.3) is 0 Å². The minimum Gasteiger partial charge on any atom is -0.497 e. The molecule has 31 heavy (non-hydrogen) atoms. The number of aryl methyl sites for hydroxylation is 1. The molecule has 5 nitrogen and oxygen atoms in total. The normalized spacial score (nSPS) is 11.4. The lowest BCUT2D eigenvalue weighted by Crippen LogP contribution is -2.42. The van der Waals surface area contributed by atoms with Gasteiger partial charge in [0, 0.05) is 20.0 Å². The molecule has 0 bridgehead atoms. The predicted molar refractivity (Wildman–Crippen MR) is 122 cm³/mol. The molecule has 0 saturated heterocycles. The van der Waals surface area contributed by atoms with Gasteiger partial charge in [0.1, 0.15) is 11.8 Å². The largest absolute Gasteiger partial charge is 0.497 e. The van der Waals surface area contributed by atoms with Gasteiger partial charge in [-0.15, -0.1) is 0 Å². The van der Waals surface area contributed by atoms with Gasteiger partial charge in [0.05, 0.1) is 7.11 Å². The fraction of sp³-hybridized carbons (Fsp3) is 0.231. The van der Waals surface area contributed by atoms with E-state index in [0.717, 1.165) is 22.4 Å². The molecule has 0 aromatic heterocycles. The van der Waals surface area contributed by atoms with Gasteiger partial charge in [-0.3, -0.25) is 9.59 Å². The van der Waals surface area contributed by atoms with Gasteiger partial charge in [0.25, 0.3) is 0 Å². The molecule has 3 aromatic rings. The smallest absolute Gasteiger partial charge is 0.247 e. The predicted octanol–water partition coefficient (Wildman–Crippen LogP) is 4.14. The van der Waals surface area contributed by atoms with E-state index in [4.69, 9.17) is 4.74 Å². The SMILES string of the molecule is CNC(=O)C(c1ccccc1)N(Cc1ccc(OC)cc1)C(=O)CCc1ccccc1. The first kappa shape index (κ1) is 22.1. The number of methoxy groups -OCH3 is 1. The highest BCUT2D eigenvalue weighted by Crippen LogP contribution is 2.25. The molecular weight excluding hydrogens is 388 g/mol. The Morgan fingerprint density at radius 3 is 2.06 bits per heavy atom. The maximum atomic E-state index is 13.4. The molecule has 5 heteroatoms. The van der Waals surface area contributed by atoms with E-state index in [-0.39, 0.29) is 11.8 Å². The van der Waals surface area contributed by atoms with Crippen molar-refractivity contribution in [3.05, 3.63) is 102 Å². The summed E-state index contributed by atoms with van der Waals surface area (Å²) >= 11 is 0. The molecule has 0 heterocycles. The number of hydrogen-bond donors (Lipinski definition) is 1. The van der Waals surface area contributed by atoms with Crippen LogP contribution in [-0.4, -0.2) is 30.9 Å². The third-order valence-electron chi connectivity index (χ3n) is 5.22. The van der Waals surface area contributed by atoms with Gasteiger partial charge in [-0.1, -0.05) is 72.8 Å². The molecule has 0 aliphatic carbocycles. The Morgan fingerprint density at radius 2 is 1.48 bits per heavy atom. The van der Waals surface area contributed by atoms with Crippen LogP contribution in [-0.2, 0) is 22.6 Å². The highest BCUT2D eigenvalue weighted by atomic mass is 16.5. The number of likely N-dealkylation sites (N-methyl/N-ethyl adjacent to an activating group) is 1. The summed E-state index contributed by atoms with van der Waals surface area (Å²) in [5.74, 6) is 0.460. The number of carbonyl (C=O) groups is 2. The van der Waals surface area contributed by atoms with Crippen molar-refractivity contribution in [2.24, 2.45) is 0 Å². The Kier molecular flexibility index (Phi) is 7.82. The standard InChI is InChI=1S/C26H28N2O3/c1-27-26(30)25(22-11-7-4-8-12-22)28(19-21-13-16-23(31-2)17-14-21)24(29)18-15-20-9-5-3-6-10-20/h3-14,16-17,25H,15,18-19H2,1-2H3,(H,27,30). The molecule has 3 rings (SSSR count). The van der Waals surface area contributed by atoms with Crippen LogP contribution in [0.2, 0.25) is 0 Å². The molecule has 1 unspecified atom stereocenters. The molecular formula is C26H28N2O3. The zero-order valence-corrected chi connectivity index (χ0v) is 18.0. The van der Waals surface area contributed by atoms with Crippen LogP contribution in [0.5, 0.6) is 5.75 Å². The molecule has 0 fully saturated rings. The third kappa shape index (κ3) is 5.95. The van der Waals surface area contributed by atoms with Crippen molar-refractivity contribution in [2.75, 3.05) is 14.2 Å². The molecule has 0 aliphatic rings. The van der Waals surface area contributed by atoms with E-state index in [1.807, 2.05) is 84.9 Å². The van der Waals surface area contributed by atoms with Crippen molar-refractivity contribution in [1.82, 2.24) is 10.2 Å². The summed E-state index contributed by atoms with van der Waals surface area (Å²) in [6.45, 7) is 0.324. The summed E-state index contributed by atoms with van der Waals surface area (Å²) < 4.78 is 5.24. The van der Waals surface area contributed by atoms with Crippen LogP contribution in [0.15, 0.2) is 84.9 Å². The van der Waals surface area contributed by atoms with Crippen molar-refractivity contribution >= 4 is 11.8 Å². The Labute approximate surface area is 183 Å². The van der Waals surface area contributed by atoms with E-state index < -0.39 is 6.04 Å². The van der Waals surface area contributed by atoms with E-state index in [0.29, 0.717) is 19.4 Å². The fourth-order valence-electron chi connectivity index (χ4n) is 3.54. The Balaban J connectivity index is 1.90. The highest BCUT2D eigenvalue weighted by Gasteiger charge is 2.30. The zero-order valence-electron chi connectivity index (χ0n) is 18.0. The van der Waals surface area contributed by atoms with Gasteiger partial charge in [0.15, 0.2) is 0 Å². The molecule has 2 amide bonds. The number of nitrogens with zero attached hydrogens (tertiary/aromatic N) is 1. The van der Waals surface area contributed by atoms with Crippen LogP contribution in [0.1, 0.15) is 29.2 Å². The number of benzene rings is 3. The maximum absolute atomic E-state index is 13.4. The minimum absolute atomic E-state index is 0.0721. The fourth-order valence-corrected chi connectivity index (χ4v) is 3.54. The quantitative estimate of drug-likeness (QED) is 0.570. The highest BCUT2D eigenvalue weighted by molar-refractivity contribution is 5.88. The van der Waals surface area contributed by atoms with Crippen molar-refractivity contribution < 1.29 is 14.3 Å². The van der Waals surface area contributed by atoms with Crippen molar-refractivity contribution in [2.45, 2.75) is 25.4 Å². The minimum atomic E-state index is -0.712. The second kappa shape index (κ2) is 11.0. The average molecular weight is 417 g/mol. The molecule has 0 spiro atoms. The monoisotopic (exact) mass is 416 g/mol. The number of ether oxygens (including phenoxy) is 1. The van der Waals surface area contributed by atoms with Crippen molar-refractivity contribution in [1.29, 1.82) is 0 Å². The van der Waals surface area contributed by atoms with Gasteiger partial charge in [-0.2, -0.15) is 0 Å². The Morgan fingerprint density at radius 1 is 0.871 bits per heavy atom. The number of hydrogen-bond acceptors (Lipinski definition) is 3. The zero-order chi connectivity index (χ0) is 22.1. The Bertz CT molecular complexity index is 973. The van der Waals surface area contributed by atoms with Gasteiger partial charge >= 0.3 is 0 Å². The van der Waals surface area contributed by atoms with E-state index in [1.54, 1.807) is 19.1 Å². The number of rotatable bonds is 9. The summed E-state index contributed by atoms with van der Waals surface area (Å²) in [7, 11) is 3.21. The van der Waals surface area contributed by atoms with Crippen LogP contribution >= 0.6 is 0 Å². The van der Waals surface area contributed by atoms with Crippen LogP contribution < -0.4 is 10.1 Å². The van der Waals surface area contributed by atoms with Crippen molar-refractivity contribution in [3.63, 3.8) is 0 Å². The summed E-state index contributed by atoms with van der Waals surface area (Å²) in [5, 5.41) is 2.72. The number of nitrogens with one attached hydrogen (secondary N) is 1. The van der Waals surface area contributed by atoms with Gasteiger partial charge in [-0.05, 0) is 35.2 Å². The summed E-state index contributed by atoms with van der Waals surface area (Å²) in [5.41, 5.74) is 2.80. The molecule has 160 valence electrons. The first-order valence-electron chi connectivity index (χ1n) is 10.3. The summed E-state index contributed by atoms with van der Waals surface area (Å²) in [6, 6.07) is 26.2. The molecule has 0 aliphatic heterocycles. The lowest BCUT2D eigenvalue weighted by Gasteiger charge is -2.31. The number of amides is 2. The Hall–Kier alpha value is -3.60. The lowest BCUT2D eigenvalue weighted by atomic mass is 10.0. The van der Waals surface area contributed by atoms with Gasteiger partial charge < -0.3 is 15.0 Å². The first-order chi connectivity index (χ1) is 15.1. The number of carbonyl (C=O) groups excluding carboxylic acids is 2.